The predicted molar refractivity (Wildman–Crippen MR) is 112 cm³/mol. The SMILES string of the molecule is CCCN(CCC)c1ccc(NS(=O)(=O)c2ccc(OC(C)C)cc2)cc1. The lowest BCUT2D eigenvalue weighted by molar-refractivity contribution is 0.242. The Hall–Kier alpha value is -2.21. The fourth-order valence-corrected chi connectivity index (χ4v) is 3.89. The van der Waals surface area contributed by atoms with Crippen LogP contribution in [0.5, 0.6) is 5.75 Å². The summed E-state index contributed by atoms with van der Waals surface area (Å²) in [7, 11) is -3.63. The van der Waals surface area contributed by atoms with Crippen LogP contribution in [0.25, 0.3) is 0 Å². The second-order valence-electron chi connectivity index (χ2n) is 6.78. The molecule has 0 radical (unpaired) electrons. The Kier molecular flexibility index (Phi) is 7.54. The molecular formula is C21H30N2O3S. The first kappa shape index (κ1) is 21.1. The summed E-state index contributed by atoms with van der Waals surface area (Å²) in [4.78, 5) is 2.52. The fraction of sp³-hybridized carbons (Fsp3) is 0.429. The van der Waals surface area contributed by atoms with Gasteiger partial charge in [0.15, 0.2) is 0 Å². The third kappa shape index (κ3) is 6.17. The van der Waals surface area contributed by atoms with E-state index in [1.807, 2.05) is 26.0 Å². The first-order chi connectivity index (χ1) is 12.9. The first-order valence-electron chi connectivity index (χ1n) is 9.50. The summed E-state index contributed by atoms with van der Waals surface area (Å²) >= 11 is 0. The van der Waals surface area contributed by atoms with Gasteiger partial charge in [-0.05, 0) is 75.2 Å². The predicted octanol–water partition coefficient (Wildman–Crippen LogP) is 4.90. The lowest BCUT2D eigenvalue weighted by Gasteiger charge is -2.24. The molecule has 0 fully saturated rings. The van der Waals surface area contributed by atoms with Gasteiger partial charge in [-0.1, -0.05) is 13.8 Å². The maximum Gasteiger partial charge on any atom is 0.261 e. The molecule has 0 heterocycles. The van der Waals surface area contributed by atoms with Gasteiger partial charge >= 0.3 is 0 Å². The Labute approximate surface area is 163 Å². The number of nitrogens with zero attached hydrogens (tertiary/aromatic N) is 1. The molecule has 0 amide bonds. The smallest absolute Gasteiger partial charge is 0.261 e. The molecule has 0 unspecified atom stereocenters. The van der Waals surface area contributed by atoms with Gasteiger partial charge in [-0.3, -0.25) is 4.72 Å². The summed E-state index contributed by atoms with van der Waals surface area (Å²) in [5.41, 5.74) is 1.66. The highest BCUT2D eigenvalue weighted by atomic mass is 32.2. The summed E-state index contributed by atoms with van der Waals surface area (Å²) in [5, 5.41) is 0. The van der Waals surface area contributed by atoms with E-state index in [4.69, 9.17) is 4.74 Å². The van der Waals surface area contributed by atoms with E-state index in [-0.39, 0.29) is 11.0 Å². The van der Waals surface area contributed by atoms with Crippen LogP contribution >= 0.6 is 0 Å². The monoisotopic (exact) mass is 390 g/mol. The van der Waals surface area contributed by atoms with Crippen molar-refractivity contribution < 1.29 is 13.2 Å². The van der Waals surface area contributed by atoms with Crippen molar-refractivity contribution in [1.29, 1.82) is 0 Å². The Morgan fingerprint density at radius 3 is 1.96 bits per heavy atom. The molecule has 5 nitrogen and oxygen atoms in total. The van der Waals surface area contributed by atoms with Gasteiger partial charge in [-0.15, -0.1) is 0 Å². The van der Waals surface area contributed by atoms with Crippen LogP contribution in [0.1, 0.15) is 40.5 Å². The van der Waals surface area contributed by atoms with E-state index >= 15 is 0 Å². The van der Waals surface area contributed by atoms with Crippen LogP contribution in [0.3, 0.4) is 0 Å². The molecule has 0 aliphatic carbocycles. The fourth-order valence-electron chi connectivity index (χ4n) is 2.83. The quantitative estimate of drug-likeness (QED) is 0.627. The van der Waals surface area contributed by atoms with Crippen molar-refractivity contribution >= 4 is 21.4 Å². The molecule has 0 saturated heterocycles. The molecule has 2 rings (SSSR count). The van der Waals surface area contributed by atoms with E-state index in [0.29, 0.717) is 11.4 Å². The number of nitrogens with one attached hydrogen (secondary N) is 1. The van der Waals surface area contributed by atoms with Gasteiger partial charge in [0.25, 0.3) is 10.0 Å². The molecule has 0 bridgehead atoms. The zero-order valence-electron chi connectivity index (χ0n) is 16.6. The maximum atomic E-state index is 12.6. The molecule has 0 saturated carbocycles. The van der Waals surface area contributed by atoms with Crippen molar-refractivity contribution in [3.63, 3.8) is 0 Å². The van der Waals surface area contributed by atoms with E-state index < -0.39 is 10.0 Å². The first-order valence-corrected chi connectivity index (χ1v) is 11.0. The van der Waals surface area contributed by atoms with Gasteiger partial charge in [-0.25, -0.2) is 8.42 Å². The highest BCUT2D eigenvalue weighted by molar-refractivity contribution is 7.92. The summed E-state index contributed by atoms with van der Waals surface area (Å²) in [6.45, 7) is 10.1. The largest absolute Gasteiger partial charge is 0.491 e. The number of rotatable bonds is 10. The lowest BCUT2D eigenvalue weighted by Crippen LogP contribution is -2.24. The Morgan fingerprint density at radius 1 is 0.926 bits per heavy atom. The second-order valence-corrected chi connectivity index (χ2v) is 8.46. The van der Waals surface area contributed by atoms with Crippen molar-refractivity contribution in [3.05, 3.63) is 48.5 Å². The van der Waals surface area contributed by atoms with Gasteiger partial charge in [0.1, 0.15) is 5.75 Å². The van der Waals surface area contributed by atoms with E-state index in [0.717, 1.165) is 31.6 Å². The zero-order chi connectivity index (χ0) is 19.9. The highest BCUT2D eigenvalue weighted by Gasteiger charge is 2.15. The average molecular weight is 391 g/mol. The van der Waals surface area contributed by atoms with Gasteiger partial charge in [0.2, 0.25) is 0 Å². The van der Waals surface area contributed by atoms with Crippen LogP contribution in [-0.2, 0) is 10.0 Å². The number of hydrogen-bond donors (Lipinski definition) is 1. The third-order valence-corrected chi connectivity index (χ3v) is 5.37. The molecule has 2 aromatic carbocycles. The molecular weight excluding hydrogens is 360 g/mol. The molecule has 27 heavy (non-hydrogen) atoms. The number of sulfonamides is 1. The molecule has 0 aliphatic rings. The number of benzene rings is 2. The van der Waals surface area contributed by atoms with E-state index in [1.165, 1.54) is 0 Å². The maximum absolute atomic E-state index is 12.6. The van der Waals surface area contributed by atoms with Crippen molar-refractivity contribution in [2.75, 3.05) is 22.7 Å². The Balaban J connectivity index is 2.10. The molecule has 0 atom stereocenters. The highest BCUT2D eigenvalue weighted by Crippen LogP contribution is 2.22. The van der Waals surface area contributed by atoms with Crippen LogP contribution in [0.4, 0.5) is 11.4 Å². The van der Waals surface area contributed by atoms with E-state index in [2.05, 4.69) is 23.5 Å². The van der Waals surface area contributed by atoms with Crippen molar-refractivity contribution in [2.24, 2.45) is 0 Å². The number of ether oxygens (including phenoxy) is 1. The van der Waals surface area contributed by atoms with Gasteiger partial charge in [0.05, 0.1) is 11.0 Å². The van der Waals surface area contributed by atoms with E-state index in [1.54, 1.807) is 36.4 Å². The van der Waals surface area contributed by atoms with Crippen molar-refractivity contribution in [1.82, 2.24) is 0 Å². The van der Waals surface area contributed by atoms with Gasteiger partial charge in [0, 0.05) is 24.5 Å². The van der Waals surface area contributed by atoms with Crippen LogP contribution in [0.2, 0.25) is 0 Å². The summed E-state index contributed by atoms with van der Waals surface area (Å²) in [5.74, 6) is 0.653. The van der Waals surface area contributed by atoms with Crippen LogP contribution in [-0.4, -0.2) is 27.6 Å². The minimum atomic E-state index is -3.63. The lowest BCUT2D eigenvalue weighted by atomic mass is 10.2. The van der Waals surface area contributed by atoms with Crippen LogP contribution < -0.4 is 14.4 Å². The molecule has 2 aromatic rings. The molecule has 1 N–H and O–H groups in total. The summed E-state index contributed by atoms with van der Waals surface area (Å²) in [6, 6.07) is 14.0. The molecule has 148 valence electrons. The Bertz CT molecular complexity index is 794. The minimum Gasteiger partial charge on any atom is -0.491 e. The molecule has 0 spiro atoms. The van der Waals surface area contributed by atoms with E-state index in [9.17, 15) is 8.42 Å². The Morgan fingerprint density at radius 2 is 1.48 bits per heavy atom. The summed E-state index contributed by atoms with van der Waals surface area (Å²) in [6.07, 6.45) is 2.19. The molecule has 0 aromatic heterocycles. The van der Waals surface area contributed by atoms with Crippen molar-refractivity contribution in [3.8, 4) is 5.75 Å². The van der Waals surface area contributed by atoms with Gasteiger partial charge < -0.3 is 9.64 Å². The zero-order valence-corrected chi connectivity index (χ0v) is 17.4. The van der Waals surface area contributed by atoms with Gasteiger partial charge in [-0.2, -0.15) is 0 Å². The molecule has 0 aliphatic heterocycles. The van der Waals surface area contributed by atoms with Crippen LogP contribution in [0.15, 0.2) is 53.4 Å². The minimum absolute atomic E-state index is 0.0454. The average Bonchev–Trinajstić information content (AvgIpc) is 2.62. The van der Waals surface area contributed by atoms with Crippen LogP contribution in [0, 0.1) is 0 Å². The van der Waals surface area contributed by atoms with Crippen molar-refractivity contribution in [2.45, 2.75) is 51.5 Å². The molecule has 6 heteroatoms. The topological polar surface area (TPSA) is 58.6 Å². The second kappa shape index (κ2) is 9.65. The number of anilines is 2. The number of hydrogen-bond acceptors (Lipinski definition) is 4. The standard InChI is InChI=1S/C21H30N2O3S/c1-5-15-23(16-6-2)19-9-7-18(8-10-19)22-27(24,25)21-13-11-20(12-14-21)26-17(3)4/h7-14,17,22H,5-6,15-16H2,1-4H3. The third-order valence-electron chi connectivity index (χ3n) is 3.98. The normalized spacial score (nSPS) is 11.4. The summed E-state index contributed by atoms with van der Waals surface area (Å²) < 4.78 is 33.4.